The van der Waals surface area contributed by atoms with Gasteiger partial charge in [0.2, 0.25) is 0 Å². The molecular formula is C14H25N3S. The molecule has 1 N–H and O–H groups in total. The van der Waals surface area contributed by atoms with Gasteiger partial charge in [0.25, 0.3) is 0 Å². The van der Waals surface area contributed by atoms with E-state index in [1.165, 1.54) is 23.7 Å². The second-order valence-corrected chi connectivity index (χ2v) is 7.10. The first-order valence-electron chi connectivity index (χ1n) is 6.90. The van der Waals surface area contributed by atoms with Crippen molar-refractivity contribution in [3.63, 3.8) is 0 Å². The molecule has 1 aliphatic heterocycles. The van der Waals surface area contributed by atoms with Crippen LogP contribution in [0.5, 0.6) is 0 Å². The molecule has 18 heavy (non-hydrogen) atoms. The van der Waals surface area contributed by atoms with Crippen molar-refractivity contribution in [1.29, 1.82) is 0 Å². The van der Waals surface area contributed by atoms with Crippen molar-refractivity contribution in [1.82, 2.24) is 15.2 Å². The van der Waals surface area contributed by atoms with E-state index in [1.54, 1.807) is 0 Å². The van der Waals surface area contributed by atoms with Crippen molar-refractivity contribution in [2.24, 2.45) is 0 Å². The zero-order valence-corrected chi connectivity index (χ0v) is 12.8. The van der Waals surface area contributed by atoms with Crippen LogP contribution in [0.25, 0.3) is 0 Å². The average Bonchev–Trinajstić information content (AvgIpc) is 2.63. The van der Waals surface area contributed by atoms with Crippen molar-refractivity contribution < 1.29 is 0 Å². The number of hydrogen-bond acceptors (Lipinski definition) is 4. The fraction of sp³-hybridized carbons (Fsp3) is 0.786. The smallest absolute Gasteiger partial charge is 0.107 e. The van der Waals surface area contributed by atoms with Gasteiger partial charge < -0.3 is 5.32 Å². The number of hydrogen-bond donors (Lipinski definition) is 1. The summed E-state index contributed by atoms with van der Waals surface area (Å²) in [6.45, 7) is 13.4. The van der Waals surface area contributed by atoms with Gasteiger partial charge in [-0.1, -0.05) is 27.7 Å². The lowest BCUT2D eigenvalue weighted by Crippen LogP contribution is -2.56. The van der Waals surface area contributed by atoms with Gasteiger partial charge in [0.1, 0.15) is 5.01 Å². The molecule has 2 rings (SSSR count). The zero-order valence-electron chi connectivity index (χ0n) is 12.0. The summed E-state index contributed by atoms with van der Waals surface area (Å²) in [6, 6.07) is 0.715. The highest BCUT2D eigenvalue weighted by Crippen LogP contribution is 2.25. The maximum Gasteiger partial charge on any atom is 0.107 e. The Morgan fingerprint density at radius 2 is 2.17 bits per heavy atom. The minimum atomic E-state index is 0.169. The van der Waals surface area contributed by atoms with Crippen molar-refractivity contribution in [2.45, 2.75) is 52.1 Å². The number of rotatable bonds is 5. The van der Waals surface area contributed by atoms with E-state index in [2.05, 4.69) is 43.3 Å². The lowest BCUT2D eigenvalue weighted by molar-refractivity contribution is 0.137. The molecule has 1 aromatic heterocycles. The van der Waals surface area contributed by atoms with E-state index in [1.807, 2.05) is 11.3 Å². The van der Waals surface area contributed by atoms with Crippen LogP contribution in [0.4, 0.5) is 0 Å². The standard InChI is InChI=1S/C14H25N3S/c1-5-6-17(11-7-15-8-11)9-13-16-12(10-18-13)14(2,3)4/h10-11,15H,5-9H2,1-4H3. The van der Waals surface area contributed by atoms with Gasteiger partial charge in [-0.15, -0.1) is 11.3 Å². The number of thiazole rings is 1. The molecule has 1 fully saturated rings. The molecule has 4 heteroatoms. The van der Waals surface area contributed by atoms with Crippen LogP contribution in [0.3, 0.4) is 0 Å². The molecule has 1 aliphatic rings. The second-order valence-electron chi connectivity index (χ2n) is 6.16. The highest BCUT2D eigenvalue weighted by molar-refractivity contribution is 7.09. The molecule has 0 atom stereocenters. The Balaban J connectivity index is 2.00. The van der Waals surface area contributed by atoms with Crippen molar-refractivity contribution in [2.75, 3.05) is 19.6 Å². The molecule has 0 bridgehead atoms. The molecule has 3 nitrogen and oxygen atoms in total. The molecule has 1 saturated heterocycles. The summed E-state index contributed by atoms with van der Waals surface area (Å²) in [5.74, 6) is 0. The van der Waals surface area contributed by atoms with E-state index in [4.69, 9.17) is 4.98 Å². The third-order valence-electron chi connectivity index (χ3n) is 3.45. The Hall–Kier alpha value is -0.450. The van der Waals surface area contributed by atoms with Crippen LogP contribution in [0, 0.1) is 0 Å². The molecule has 0 spiro atoms. The summed E-state index contributed by atoms with van der Waals surface area (Å²) < 4.78 is 0. The molecule has 0 saturated carbocycles. The Morgan fingerprint density at radius 1 is 1.44 bits per heavy atom. The van der Waals surface area contributed by atoms with E-state index in [-0.39, 0.29) is 5.41 Å². The molecule has 1 aromatic rings. The largest absolute Gasteiger partial charge is 0.314 e. The Bertz CT molecular complexity index is 377. The molecule has 0 unspecified atom stereocenters. The van der Waals surface area contributed by atoms with Crippen LogP contribution in [-0.2, 0) is 12.0 Å². The first kappa shape index (κ1) is 14.0. The van der Waals surface area contributed by atoms with Crippen LogP contribution in [0.2, 0.25) is 0 Å². The van der Waals surface area contributed by atoms with Crippen LogP contribution < -0.4 is 5.32 Å². The van der Waals surface area contributed by atoms with Gasteiger partial charge in [0, 0.05) is 29.9 Å². The minimum absolute atomic E-state index is 0.169. The summed E-state index contributed by atoms with van der Waals surface area (Å²) in [4.78, 5) is 7.37. The minimum Gasteiger partial charge on any atom is -0.314 e. The number of nitrogens with zero attached hydrogens (tertiary/aromatic N) is 2. The quantitative estimate of drug-likeness (QED) is 0.889. The average molecular weight is 267 g/mol. The summed E-state index contributed by atoms with van der Waals surface area (Å²) >= 11 is 1.81. The molecular weight excluding hydrogens is 242 g/mol. The summed E-state index contributed by atoms with van der Waals surface area (Å²) in [5, 5.41) is 6.84. The predicted octanol–water partition coefficient (Wildman–Crippen LogP) is 2.62. The van der Waals surface area contributed by atoms with Crippen molar-refractivity contribution in [3.8, 4) is 0 Å². The van der Waals surface area contributed by atoms with Crippen LogP contribution in [-0.4, -0.2) is 35.6 Å². The predicted molar refractivity (Wildman–Crippen MR) is 78.2 cm³/mol. The van der Waals surface area contributed by atoms with Gasteiger partial charge in [-0.3, -0.25) is 4.90 Å². The molecule has 102 valence electrons. The highest BCUT2D eigenvalue weighted by atomic mass is 32.1. The lowest BCUT2D eigenvalue weighted by Gasteiger charge is -2.37. The van der Waals surface area contributed by atoms with E-state index in [0.29, 0.717) is 6.04 Å². The van der Waals surface area contributed by atoms with E-state index < -0.39 is 0 Å². The summed E-state index contributed by atoms with van der Waals surface area (Å²) in [7, 11) is 0. The second kappa shape index (κ2) is 5.68. The molecule has 2 heterocycles. The Labute approximate surface area is 115 Å². The fourth-order valence-electron chi connectivity index (χ4n) is 2.11. The molecule has 0 radical (unpaired) electrons. The normalized spacial score (nSPS) is 17.2. The van der Waals surface area contributed by atoms with Gasteiger partial charge in [0.15, 0.2) is 0 Å². The SMILES string of the molecule is CCCN(Cc1nc(C(C)(C)C)cs1)C1CNC1. The van der Waals surface area contributed by atoms with Crippen LogP contribution in [0.15, 0.2) is 5.38 Å². The van der Waals surface area contributed by atoms with Crippen LogP contribution >= 0.6 is 11.3 Å². The van der Waals surface area contributed by atoms with Gasteiger partial charge in [-0.05, 0) is 13.0 Å². The summed E-state index contributed by atoms with van der Waals surface area (Å²) in [5.41, 5.74) is 1.40. The maximum absolute atomic E-state index is 4.80. The monoisotopic (exact) mass is 267 g/mol. The maximum atomic E-state index is 4.80. The van der Waals surface area contributed by atoms with Gasteiger partial charge >= 0.3 is 0 Å². The number of nitrogens with one attached hydrogen (secondary N) is 1. The van der Waals surface area contributed by atoms with Crippen LogP contribution in [0.1, 0.15) is 44.8 Å². The zero-order chi connectivity index (χ0) is 13.2. The van der Waals surface area contributed by atoms with Gasteiger partial charge in [-0.2, -0.15) is 0 Å². The first-order chi connectivity index (χ1) is 8.50. The molecule has 0 aliphatic carbocycles. The Morgan fingerprint density at radius 3 is 2.61 bits per heavy atom. The fourth-order valence-corrected chi connectivity index (χ4v) is 3.16. The lowest BCUT2D eigenvalue weighted by atomic mass is 9.93. The summed E-state index contributed by atoms with van der Waals surface area (Å²) in [6.07, 6.45) is 1.22. The first-order valence-corrected chi connectivity index (χ1v) is 7.78. The Kier molecular flexibility index (Phi) is 4.41. The molecule has 0 amide bonds. The van der Waals surface area contributed by atoms with E-state index >= 15 is 0 Å². The third-order valence-corrected chi connectivity index (χ3v) is 4.28. The third kappa shape index (κ3) is 3.31. The number of aromatic nitrogens is 1. The van der Waals surface area contributed by atoms with Crippen molar-refractivity contribution >= 4 is 11.3 Å². The van der Waals surface area contributed by atoms with Gasteiger partial charge in [0.05, 0.1) is 12.2 Å². The van der Waals surface area contributed by atoms with Crippen molar-refractivity contribution in [3.05, 3.63) is 16.1 Å². The van der Waals surface area contributed by atoms with E-state index in [9.17, 15) is 0 Å². The topological polar surface area (TPSA) is 28.2 Å². The van der Waals surface area contributed by atoms with Gasteiger partial charge in [-0.25, -0.2) is 4.98 Å². The highest BCUT2D eigenvalue weighted by Gasteiger charge is 2.25. The molecule has 0 aromatic carbocycles. The van der Waals surface area contributed by atoms with E-state index in [0.717, 1.165) is 19.6 Å².